The van der Waals surface area contributed by atoms with Crippen molar-refractivity contribution in [1.82, 2.24) is 15.2 Å². The summed E-state index contributed by atoms with van der Waals surface area (Å²) in [5.74, 6) is 0.500. The van der Waals surface area contributed by atoms with Crippen LogP contribution in [0.4, 0.5) is 5.69 Å². The largest absolute Gasteiger partial charge is 0.497 e. The number of hydrogen-bond donors (Lipinski definition) is 3. The Hall–Kier alpha value is -3.84. The first kappa shape index (κ1) is 23.3. The van der Waals surface area contributed by atoms with E-state index in [0.29, 0.717) is 17.7 Å². The fourth-order valence-electron chi connectivity index (χ4n) is 4.20. The van der Waals surface area contributed by atoms with Gasteiger partial charge in [0.05, 0.1) is 18.2 Å². The molecular weight excluding hydrogens is 428 g/mol. The Morgan fingerprint density at radius 1 is 1.12 bits per heavy atom. The number of likely N-dealkylation sites (N-methyl/N-ethyl adjacent to an activating group) is 1. The van der Waals surface area contributed by atoms with Gasteiger partial charge < -0.3 is 25.3 Å². The summed E-state index contributed by atoms with van der Waals surface area (Å²) < 4.78 is 5.33. The van der Waals surface area contributed by atoms with Gasteiger partial charge in [-0.3, -0.25) is 9.59 Å². The maximum atomic E-state index is 12.8. The number of fused-ring (bicyclic) bond motifs is 1. The fraction of sp³-hybridized carbons (Fsp3) is 0.259. The molecule has 0 spiro atoms. The second kappa shape index (κ2) is 9.57. The number of methoxy groups -OCH3 is 1. The number of aromatic nitrogens is 1. The third-order valence-corrected chi connectivity index (χ3v) is 6.04. The SMILES string of the molecule is COc1cccc(-c2ccc3c(c2)NC(=O)C3=Cc2[nH]c(C)c(C(=O)NCCN(C)C)c2C)c1. The van der Waals surface area contributed by atoms with Crippen LogP contribution in [-0.2, 0) is 4.79 Å². The van der Waals surface area contributed by atoms with Gasteiger partial charge >= 0.3 is 0 Å². The molecule has 7 nitrogen and oxygen atoms in total. The molecule has 1 aliphatic heterocycles. The molecule has 1 aliphatic rings. The van der Waals surface area contributed by atoms with Crippen molar-refractivity contribution in [1.29, 1.82) is 0 Å². The maximum Gasteiger partial charge on any atom is 0.256 e. The Morgan fingerprint density at radius 3 is 2.62 bits per heavy atom. The predicted octanol–water partition coefficient (Wildman–Crippen LogP) is 4.09. The van der Waals surface area contributed by atoms with Crippen molar-refractivity contribution >= 4 is 29.2 Å². The second-order valence-corrected chi connectivity index (χ2v) is 8.73. The molecule has 1 aromatic heterocycles. The van der Waals surface area contributed by atoms with Gasteiger partial charge in [0.15, 0.2) is 0 Å². The van der Waals surface area contributed by atoms with Crippen LogP contribution in [0.15, 0.2) is 42.5 Å². The van der Waals surface area contributed by atoms with E-state index in [4.69, 9.17) is 4.74 Å². The number of ether oxygens (including phenoxy) is 1. The molecule has 176 valence electrons. The van der Waals surface area contributed by atoms with Gasteiger partial charge in [0, 0.05) is 35.7 Å². The van der Waals surface area contributed by atoms with Crippen LogP contribution in [-0.4, -0.2) is 56.0 Å². The molecule has 2 heterocycles. The smallest absolute Gasteiger partial charge is 0.256 e. The van der Waals surface area contributed by atoms with E-state index in [0.717, 1.165) is 51.6 Å². The standard InChI is InChI=1S/C27H30N4O3/c1-16-23(29-17(2)25(16)27(33)28-11-12-31(3)4)15-22-21-10-9-19(14-24(21)30-26(22)32)18-7-6-8-20(13-18)34-5/h6-10,13-15,29H,11-12H2,1-5H3,(H,28,33)(H,30,32). The van der Waals surface area contributed by atoms with E-state index in [9.17, 15) is 9.59 Å². The van der Waals surface area contributed by atoms with Crippen LogP contribution in [0.2, 0.25) is 0 Å². The maximum absolute atomic E-state index is 12.8. The monoisotopic (exact) mass is 458 g/mol. The summed E-state index contributed by atoms with van der Waals surface area (Å²) in [6.45, 7) is 5.10. The number of H-pyrrole nitrogens is 1. The van der Waals surface area contributed by atoms with Crippen molar-refractivity contribution < 1.29 is 14.3 Å². The molecule has 2 amide bonds. The van der Waals surface area contributed by atoms with E-state index in [1.807, 2.05) is 81.4 Å². The van der Waals surface area contributed by atoms with Crippen molar-refractivity contribution in [3.8, 4) is 16.9 Å². The van der Waals surface area contributed by atoms with E-state index in [1.54, 1.807) is 7.11 Å². The number of carbonyl (C=O) groups excluding carboxylic acids is 2. The molecule has 3 aromatic rings. The summed E-state index contributed by atoms with van der Waals surface area (Å²) in [6.07, 6.45) is 1.82. The highest BCUT2D eigenvalue weighted by Crippen LogP contribution is 2.37. The van der Waals surface area contributed by atoms with E-state index in [-0.39, 0.29) is 11.8 Å². The molecule has 0 aliphatic carbocycles. The highest BCUT2D eigenvalue weighted by Gasteiger charge is 2.26. The summed E-state index contributed by atoms with van der Waals surface area (Å²) in [4.78, 5) is 30.9. The molecule has 0 saturated heterocycles. The molecule has 0 saturated carbocycles. The van der Waals surface area contributed by atoms with Gasteiger partial charge in [-0.2, -0.15) is 0 Å². The Labute approximate surface area is 199 Å². The number of rotatable bonds is 7. The lowest BCUT2D eigenvalue weighted by atomic mass is 9.99. The minimum atomic E-state index is -0.165. The van der Waals surface area contributed by atoms with Crippen molar-refractivity contribution in [3.05, 3.63) is 70.5 Å². The van der Waals surface area contributed by atoms with Crippen LogP contribution in [0.25, 0.3) is 22.8 Å². The number of aromatic amines is 1. The van der Waals surface area contributed by atoms with E-state index in [1.165, 1.54) is 0 Å². The number of nitrogens with one attached hydrogen (secondary N) is 3. The Morgan fingerprint density at radius 2 is 1.88 bits per heavy atom. The third-order valence-electron chi connectivity index (χ3n) is 6.04. The molecule has 34 heavy (non-hydrogen) atoms. The average molecular weight is 459 g/mol. The number of benzene rings is 2. The molecular formula is C27H30N4O3. The number of nitrogens with zero attached hydrogens (tertiary/aromatic N) is 1. The minimum Gasteiger partial charge on any atom is -0.497 e. The van der Waals surface area contributed by atoms with Gasteiger partial charge in [0.25, 0.3) is 11.8 Å². The zero-order valence-corrected chi connectivity index (χ0v) is 20.2. The highest BCUT2D eigenvalue weighted by molar-refractivity contribution is 6.35. The van der Waals surface area contributed by atoms with Crippen LogP contribution in [0.3, 0.4) is 0 Å². The lowest BCUT2D eigenvalue weighted by molar-refractivity contribution is -0.110. The van der Waals surface area contributed by atoms with Gasteiger partial charge in [0.2, 0.25) is 0 Å². The number of anilines is 1. The molecule has 2 aromatic carbocycles. The van der Waals surface area contributed by atoms with Gasteiger partial charge in [0.1, 0.15) is 5.75 Å². The molecule has 0 fully saturated rings. The first-order valence-corrected chi connectivity index (χ1v) is 11.2. The Balaban J connectivity index is 1.63. The normalized spacial score (nSPS) is 13.8. The number of amides is 2. The Bertz CT molecular complexity index is 1290. The summed E-state index contributed by atoms with van der Waals surface area (Å²) in [7, 11) is 5.57. The van der Waals surface area contributed by atoms with Crippen LogP contribution < -0.4 is 15.4 Å². The van der Waals surface area contributed by atoms with E-state index in [2.05, 4.69) is 15.6 Å². The predicted molar refractivity (Wildman–Crippen MR) is 136 cm³/mol. The summed E-state index contributed by atoms with van der Waals surface area (Å²) >= 11 is 0. The molecule has 3 N–H and O–H groups in total. The molecule has 4 rings (SSSR count). The Kier molecular flexibility index (Phi) is 6.56. The van der Waals surface area contributed by atoms with Gasteiger partial charge in [-0.25, -0.2) is 0 Å². The van der Waals surface area contributed by atoms with Gasteiger partial charge in [-0.1, -0.05) is 24.3 Å². The van der Waals surface area contributed by atoms with E-state index >= 15 is 0 Å². The second-order valence-electron chi connectivity index (χ2n) is 8.73. The van der Waals surface area contributed by atoms with Crippen molar-refractivity contribution in [2.75, 3.05) is 39.6 Å². The number of hydrogen-bond acceptors (Lipinski definition) is 4. The van der Waals surface area contributed by atoms with Crippen LogP contribution in [0.1, 0.15) is 32.9 Å². The van der Waals surface area contributed by atoms with Crippen molar-refractivity contribution in [2.45, 2.75) is 13.8 Å². The molecule has 0 radical (unpaired) electrons. The first-order valence-electron chi connectivity index (χ1n) is 11.2. The summed E-state index contributed by atoms with van der Waals surface area (Å²) in [5, 5.41) is 5.94. The molecule has 0 bridgehead atoms. The third kappa shape index (κ3) is 4.61. The number of aryl methyl sites for hydroxylation is 1. The lowest BCUT2D eigenvalue weighted by Crippen LogP contribution is -2.31. The molecule has 7 heteroatoms. The fourth-order valence-corrected chi connectivity index (χ4v) is 4.20. The summed E-state index contributed by atoms with van der Waals surface area (Å²) in [5.41, 5.74) is 7.14. The first-order chi connectivity index (χ1) is 16.3. The number of carbonyl (C=O) groups is 2. The van der Waals surface area contributed by atoms with Crippen LogP contribution >= 0.6 is 0 Å². The van der Waals surface area contributed by atoms with Crippen molar-refractivity contribution in [2.24, 2.45) is 0 Å². The lowest BCUT2D eigenvalue weighted by Gasteiger charge is -2.10. The van der Waals surface area contributed by atoms with Crippen molar-refractivity contribution in [3.63, 3.8) is 0 Å². The quantitative estimate of drug-likeness (QED) is 0.466. The zero-order valence-electron chi connectivity index (χ0n) is 20.2. The average Bonchev–Trinajstić information content (AvgIpc) is 3.27. The zero-order chi connectivity index (χ0) is 24.4. The van der Waals surface area contributed by atoms with Gasteiger partial charge in [-0.05, 0) is 68.9 Å². The van der Waals surface area contributed by atoms with Gasteiger partial charge in [-0.15, -0.1) is 0 Å². The molecule has 0 atom stereocenters. The summed E-state index contributed by atoms with van der Waals surface area (Å²) in [6, 6.07) is 13.7. The van der Waals surface area contributed by atoms with E-state index < -0.39 is 0 Å². The van der Waals surface area contributed by atoms with Crippen LogP contribution in [0, 0.1) is 13.8 Å². The topological polar surface area (TPSA) is 86.5 Å². The molecule has 0 unspecified atom stereocenters. The highest BCUT2D eigenvalue weighted by atomic mass is 16.5. The minimum absolute atomic E-state index is 0.114. The van der Waals surface area contributed by atoms with Crippen LogP contribution in [0.5, 0.6) is 5.75 Å².